The van der Waals surface area contributed by atoms with Crippen molar-refractivity contribution in [3.8, 4) is 0 Å². The van der Waals surface area contributed by atoms with Crippen molar-refractivity contribution in [1.29, 1.82) is 0 Å². The van der Waals surface area contributed by atoms with Crippen LogP contribution in [0.3, 0.4) is 0 Å². The molecule has 1 N–H and O–H groups in total. The molecule has 1 aromatic rings. The Morgan fingerprint density at radius 1 is 1.54 bits per heavy atom. The second-order valence-electron chi connectivity index (χ2n) is 3.81. The molecular formula is C11H14BrN. The molecule has 1 atom stereocenters. The summed E-state index contributed by atoms with van der Waals surface area (Å²) in [7, 11) is 0. The Morgan fingerprint density at radius 3 is 3.00 bits per heavy atom. The molecule has 1 nitrogen and oxygen atoms in total. The zero-order valence-electron chi connectivity index (χ0n) is 8.02. The largest absolute Gasteiger partial charge is 0.303 e. The molecule has 1 unspecified atom stereocenters. The molecule has 0 saturated heterocycles. The summed E-state index contributed by atoms with van der Waals surface area (Å²) < 4.78 is 1.24. The van der Waals surface area contributed by atoms with Crippen LogP contribution in [0.2, 0.25) is 0 Å². The first-order valence-corrected chi connectivity index (χ1v) is 5.49. The van der Waals surface area contributed by atoms with Crippen LogP contribution in [0.5, 0.6) is 0 Å². The molecule has 0 aliphatic carbocycles. The minimum Gasteiger partial charge on any atom is -0.303 e. The predicted octanol–water partition coefficient (Wildman–Crippen LogP) is 3.18. The molecular weight excluding hydrogens is 226 g/mol. The number of fused-ring (bicyclic) bond motifs is 1. The van der Waals surface area contributed by atoms with Gasteiger partial charge < -0.3 is 5.32 Å². The smallest absolute Gasteiger partial charge is 0.0420 e. The highest BCUT2D eigenvalue weighted by Crippen LogP contribution is 2.38. The molecule has 1 aliphatic rings. The number of hydrogen-bond donors (Lipinski definition) is 1. The normalized spacial score (nSPS) is 26.1. The summed E-state index contributed by atoms with van der Waals surface area (Å²) in [5, 5.41) is 3.56. The molecule has 70 valence electrons. The first-order valence-electron chi connectivity index (χ1n) is 4.70. The molecule has 0 aromatic heterocycles. The number of nitrogens with one attached hydrogen (secondary N) is 1. The summed E-state index contributed by atoms with van der Waals surface area (Å²) in [4.78, 5) is 0. The first-order chi connectivity index (χ1) is 6.17. The summed E-state index contributed by atoms with van der Waals surface area (Å²) in [5.74, 6) is 0. The molecule has 1 heterocycles. The molecule has 2 heteroatoms. The van der Waals surface area contributed by atoms with E-state index >= 15 is 0 Å². The van der Waals surface area contributed by atoms with E-state index in [4.69, 9.17) is 0 Å². The minimum absolute atomic E-state index is 0.162. The molecule has 0 amide bonds. The van der Waals surface area contributed by atoms with E-state index in [0.717, 1.165) is 13.0 Å². The fourth-order valence-electron chi connectivity index (χ4n) is 2.01. The Kier molecular flexibility index (Phi) is 2.20. The Hall–Kier alpha value is -0.340. The van der Waals surface area contributed by atoms with Gasteiger partial charge in [0.05, 0.1) is 0 Å². The lowest BCUT2D eigenvalue weighted by Gasteiger charge is -2.25. The van der Waals surface area contributed by atoms with Crippen LogP contribution in [-0.4, -0.2) is 0 Å². The van der Waals surface area contributed by atoms with Crippen LogP contribution in [0, 0.1) is 0 Å². The fraction of sp³-hybridized carbons (Fsp3) is 0.455. The van der Waals surface area contributed by atoms with Crippen LogP contribution < -0.4 is 5.32 Å². The summed E-state index contributed by atoms with van der Waals surface area (Å²) in [5.41, 5.74) is 3.03. The fourth-order valence-corrected chi connectivity index (χ4v) is 2.86. The van der Waals surface area contributed by atoms with Crippen molar-refractivity contribution in [3.05, 3.63) is 33.8 Å². The third-order valence-corrected chi connectivity index (χ3v) is 3.69. The van der Waals surface area contributed by atoms with Gasteiger partial charge in [-0.1, -0.05) is 35.0 Å². The van der Waals surface area contributed by atoms with Gasteiger partial charge in [0.15, 0.2) is 0 Å². The quantitative estimate of drug-likeness (QED) is 0.794. The summed E-state index contributed by atoms with van der Waals surface area (Å²) >= 11 is 3.62. The standard InChI is InChI=1S/C11H14BrN/c1-3-11(2)10-8(7-13-11)5-4-6-9(10)12/h4-6,13H,3,7H2,1-2H3. The van der Waals surface area contributed by atoms with Gasteiger partial charge in [-0.2, -0.15) is 0 Å². The van der Waals surface area contributed by atoms with Crippen LogP contribution in [0.15, 0.2) is 22.7 Å². The molecule has 1 aliphatic heterocycles. The van der Waals surface area contributed by atoms with E-state index < -0.39 is 0 Å². The molecule has 0 bridgehead atoms. The third-order valence-electron chi connectivity index (χ3n) is 3.03. The number of hydrogen-bond acceptors (Lipinski definition) is 1. The lowest BCUT2D eigenvalue weighted by molar-refractivity contribution is 0.385. The van der Waals surface area contributed by atoms with Crippen LogP contribution in [0.1, 0.15) is 31.4 Å². The van der Waals surface area contributed by atoms with E-state index in [1.807, 2.05) is 0 Å². The van der Waals surface area contributed by atoms with E-state index in [9.17, 15) is 0 Å². The highest BCUT2D eigenvalue weighted by Gasteiger charge is 2.33. The SMILES string of the molecule is CCC1(C)NCc2cccc(Br)c21. The maximum Gasteiger partial charge on any atom is 0.0420 e. The van der Waals surface area contributed by atoms with Gasteiger partial charge in [-0.25, -0.2) is 0 Å². The Labute approximate surface area is 87.7 Å². The molecule has 0 saturated carbocycles. The lowest BCUT2D eigenvalue weighted by atomic mass is 9.90. The molecule has 0 fully saturated rings. The Balaban J connectivity index is 2.58. The summed E-state index contributed by atoms with van der Waals surface area (Å²) in [6.07, 6.45) is 1.13. The van der Waals surface area contributed by atoms with Gasteiger partial charge in [0, 0.05) is 16.6 Å². The second-order valence-corrected chi connectivity index (χ2v) is 4.67. The van der Waals surface area contributed by atoms with Crippen molar-refractivity contribution in [3.63, 3.8) is 0 Å². The molecule has 2 rings (SSSR count). The maximum atomic E-state index is 3.62. The number of benzene rings is 1. The average molecular weight is 240 g/mol. The predicted molar refractivity (Wildman–Crippen MR) is 58.6 cm³/mol. The monoisotopic (exact) mass is 239 g/mol. The van der Waals surface area contributed by atoms with Crippen molar-refractivity contribution in [1.82, 2.24) is 5.32 Å². The summed E-state index contributed by atoms with van der Waals surface area (Å²) in [6.45, 7) is 5.49. The van der Waals surface area contributed by atoms with E-state index in [1.54, 1.807) is 0 Å². The van der Waals surface area contributed by atoms with Gasteiger partial charge in [0.1, 0.15) is 0 Å². The van der Waals surface area contributed by atoms with Crippen molar-refractivity contribution in [2.75, 3.05) is 0 Å². The average Bonchev–Trinajstić information content (AvgIpc) is 2.47. The van der Waals surface area contributed by atoms with Crippen LogP contribution in [-0.2, 0) is 12.1 Å². The minimum atomic E-state index is 0.162. The topological polar surface area (TPSA) is 12.0 Å². The Bertz CT molecular complexity index is 335. The van der Waals surface area contributed by atoms with E-state index in [-0.39, 0.29) is 5.54 Å². The van der Waals surface area contributed by atoms with E-state index in [0.29, 0.717) is 0 Å². The number of halogens is 1. The highest BCUT2D eigenvalue weighted by atomic mass is 79.9. The zero-order chi connectivity index (χ0) is 9.47. The lowest BCUT2D eigenvalue weighted by Crippen LogP contribution is -2.32. The van der Waals surface area contributed by atoms with Crippen molar-refractivity contribution in [2.24, 2.45) is 0 Å². The summed E-state index contributed by atoms with van der Waals surface area (Å²) in [6, 6.07) is 6.43. The van der Waals surface area contributed by atoms with Crippen LogP contribution in [0.4, 0.5) is 0 Å². The van der Waals surface area contributed by atoms with E-state index in [1.165, 1.54) is 15.6 Å². The van der Waals surface area contributed by atoms with Gasteiger partial charge in [-0.15, -0.1) is 0 Å². The van der Waals surface area contributed by atoms with Gasteiger partial charge in [-0.3, -0.25) is 0 Å². The van der Waals surface area contributed by atoms with Crippen molar-refractivity contribution >= 4 is 15.9 Å². The molecule has 1 aromatic carbocycles. The molecule has 13 heavy (non-hydrogen) atoms. The Morgan fingerprint density at radius 2 is 2.31 bits per heavy atom. The van der Waals surface area contributed by atoms with Gasteiger partial charge in [0.25, 0.3) is 0 Å². The van der Waals surface area contributed by atoms with E-state index in [2.05, 4.69) is 53.3 Å². The number of rotatable bonds is 1. The van der Waals surface area contributed by atoms with Crippen molar-refractivity contribution < 1.29 is 0 Å². The van der Waals surface area contributed by atoms with Gasteiger partial charge in [-0.05, 0) is 30.5 Å². The van der Waals surface area contributed by atoms with Gasteiger partial charge >= 0.3 is 0 Å². The first kappa shape index (κ1) is 9.22. The van der Waals surface area contributed by atoms with Crippen LogP contribution >= 0.6 is 15.9 Å². The van der Waals surface area contributed by atoms with Crippen LogP contribution in [0.25, 0.3) is 0 Å². The highest BCUT2D eigenvalue weighted by molar-refractivity contribution is 9.10. The second kappa shape index (κ2) is 3.10. The third kappa shape index (κ3) is 1.32. The van der Waals surface area contributed by atoms with Gasteiger partial charge in [0.2, 0.25) is 0 Å². The maximum absolute atomic E-state index is 3.62. The molecule has 0 radical (unpaired) electrons. The zero-order valence-corrected chi connectivity index (χ0v) is 9.61. The molecule has 0 spiro atoms. The van der Waals surface area contributed by atoms with Crippen molar-refractivity contribution in [2.45, 2.75) is 32.4 Å².